The van der Waals surface area contributed by atoms with Crippen molar-refractivity contribution in [3.8, 4) is 5.75 Å². The standard InChI is InChI=1S/C26H36N6O5S/c1-6-26(3,4)21-15-18(2)11-12-22(21)36-14-8-13-27-24(33)29-30-25-28-23(31-37-25)17-19-9-7-10-20(16-19)32-38(5,34)35/h7,9-12,15-16,32H,6,8,13-14,17H2,1-5H3,(H2,27,29,33)(H,28,30,31). The average Bonchev–Trinajstić information content (AvgIpc) is 3.29. The van der Waals surface area contributed by atoms with Crippen LogP contribution >= 0.6 is 0 Å². The molecule has 0 bridgehead atoms. The summed E-state index contributed by atoms with van der Waals surface area (Å²) in [6, 6.07) is 12.7. The van der Waals surface area contributed by atoms with Crippen LogP contribution in [0.25, 0.3) is 0 Å². The molecule has 4 N–H and O–H groups in total. The molecule has 1 aromatic heterocycles. The van der Waals surface area contributed by atoms with Gasteiger partial charge in [0, 0.05) is 18.7 Å². The predicted molar refractivity (Wildman–Crippen MR) is 147 cm³/mol. The number of carbonyl (C=O) groups is 1. The van der Waals surface area contributed by atoms with Crippen LogP contribution in [0.4, 0.5) is 16.5 Å². The number of aryl methyl sites for hydroxylation is 1. The van der Waals surface area contributed by atoms with Crippen LogP contribution in [0.5, 0.6) is 5.75 Å². The van der Waals surface area contributed by atoms with Gasteiger partial charge in [-0.2, -0.15) is 4.98 Å². The molecule has 2 aromatic carbocycles. The van der Waals surface area contributed by atoms with E-state index in [9.17, 15) is 13.2 Å². The Hall–Kier alpha value is -3.80. The molecule has 11 nitrogen and oxygen atoms in total. The van der Waals surface area contributed by atoms with Gasteiger partial charge >= 0.3 is 12.0 Å². The Kier molecular flexibility index (Phi) is 9.56. The number of benzene rings is 2. The minimum atomic E-state index is -3.37. The van der Waals surface area contributed by atoms with Crippen LogP contribution in [0.1, 0.15) is 56.1 Å². The maximum absolute atomic E-state index is 12.1. The van der Waals surface area contributed by atoms with Crippen molar-refractivity contribution >= 4 is 27.8 Å². The number of rotatable bonds is 13. The third-order valence-electron chi connectivity index (χ3n) is 5.96. The molecule has 3 aromatic rings. The van der Waals surface area contributed by atoms with Gasteiger partial charge in [0.15, 0.2) is 5.82 Å². The second kappa shape index (κ2) is 12.6. The van der Waals surface area contributed by atoms with E-state index in [1.807, 2.05) is 18.2 Å². The molecule has 206 valence electrons. The van der Waals surface area contributed by atoms with E-state index in [1.54, 1.807) is 18.2 Å². The molecule has 2 amide bonds. The number of nitrogens with zero attached hydrogens (tertiary/aromatic N) is 2. The van der Waals surface area contributed by atoms with Crippen molar-refractivity contribution in [2.45, 2.75) is 52.4 Å². The maximum Gasteiger partial charge on any atom is 0.340 e. The van der Waals surface area contributed by atoms with Gasteiger partial charge < -0.3 is 14.6 Å². The van der Waals surface area contributed by atoms with E-state index in [1.165, 1.54) is 11.1 Å². The van der Waals surface area contributed by atoms with Crippen molar-refractivity contribution in [1.29, 1.82) is 0 Å². The molecule has 1 heterocycles. The largest absolute Gasteiger partial charge is 0.493 e. The van der Waals surface area contributed by atoms with Gasteiger partial charge in [-0.1, -0.05) is 55.8 Å². The number of nitrogens with one attached hydrogen (secondary N) is 4. The number of anilines is 2. The molecule has 0 radical (unpaired) electrons. The topological polar surface area (TPSA) is 147 Å². The van der Waals surface area contributed by atoms with Crippen LogP contribution in [-0.4, -0.2) is 44.0 Å². The van der Waals surface area contributed by atoms with Gasteiger partial charge in [0.2, 0.25) is 10.0 Å². The lowest BCUT2D eigenvalue weighted by molar-refractivity contribution is 0.240. The van der Waals surface area contributed by atoms with Gasteiger partial charge in [0.05, 0.1) is 12.9 Å². The number of hydrogen-bond acceptors (Lipinski definition) is 8. The lowest BCUT2D eigenvalue weighted by Gasteiger charge is -2.26. The molecule has 38 heavy (non-hydrogen) atoms. The van der Waals surface area contributed by atoms with Crippen molar-refractivity contribution in [1.82, 2.24) is 20.9 Å². The Morgan fingerprint density at radius 2 is 1.95 bits per heavy atom. The lowest BCUT2D eigenvalue weighted by atomic mass is 9.81. The van der Waals surface area contributed by atoms with E-state index < -0.39 is 16.1 Å². The first-order chi connectivity index (χ1) is 17.9. The first kappa shape index (κ1) is 28.8. The number of sulfonamides is 1. The first-order valence-electron chi connectivity index (χ1n) is 12.4. The Morgan fingerprint density at radius 3 is 2.68 bits per heavy atom. The number of amides is 2. The number of aromatic nitrogens is 2. The van der Waals surface area contributed by atoms with E-state index in [0.717, 1.165) is 24.0 Å². The number of urea groups is 1. The van der Waals surface area contributed by atoms with Crippen molar-refractivity contribution < 1.29 is 22.5 Å². The second-order valence-corrected chi connectivity index (χ2v) is 11.5. The Balaban J connectivity index is 1.39. The normalized spacial score (nSPS) is 11.6. The molecular weight excluding hydrogens is 508 g/mol. The SMILES string of the molecule is CCC(C)(C)c1cc(C)ccc1OCCCNC(=O)NNc1nc(Cc2cccc(NS(C)(=O)=O)c2)no1. The van der Waals surface area contributed by atoms with Crippen LogP contribution in [0, 0.1) is 6.92 Å². The third kappa shape index (κ3) is 8.94. The van der Waals surface area contributed by atoms with E-state index >= 15 is 0 Å². The maximum atomic E-state index is 12.1. The van der Waals surface area contributed by atoms with E-state index in [0.29, 0.717) is 37.5 Å². The summed E-state index contributed by atoms with van der Waals surface area (Å²) in [6.45, 7) is 9.53. The van der Waals surface area contributed by atoms with Crippen molar-refractivity contribution in [3.05, 3.63) is 65.0 Å². The molecule has 0 spiro atoms. The van der Waals surface area contributed by atoms with Crippen LogP contribution < -0.4 is 25.6 Å². The Morgan fingerprint density at radius 1 is 1.16 bits per heavy atom. The smallest absolute Gasteiger partial charge is 0.340 e. The average molecular weight is 545 g/mol. The fraction of sp³-hybridized carbons (Fsp3) is 0.423. The quantitative estimate of drug-likeness (QED) is 0.186. The highest BCUT2D eigenvalue weighted by Gasteiger charge is 2.22. The highest BCUT2D eigenvalue weighted by molar-refractivity contribution is 7.92. The predicted octanol–water partition coefficient (Wildman–Crippen LogP) is 4.12. The Labute approximate surface area is 223 Å². The molecule has 0 saturated heterocycles. The summed E-state index contributed by atoms with van der Waals surface area (Å²) in [5.41, 5.74) is 8.65. The van der Waals surface area contributed by atoms with Gasteiger partial charge in [-0.15, -0.1) is 0 Å². The molecular formula is C26H36N6O5S. The highest BCUT2D eigenvalue weighted by Crippen LogP contribution is 2.35. The van der Waals surface area contributed by atoms with Gasteiger partial charge in [-0.05, 0) is 54.5 Å². The fourth-order valence-corrected chi connectivity index (χ4v) is 4.17. The van der Waals surface area contributed by atoms with Crippen molar-refractivity contribution in [3.63, 3.8) is 0 Å². The molecule has 0 aliphatic heterocycles. The van der Waals surface area contributed by atoms with Crippen LogP contribution in [0.15, 0.2) is 47.0 Å². The zero-order chi connectivity index (χ0) is 27.8. The minimum absolute atomic E-state index is 0.0131. The number of hydrazine groups is 1. The number of hydrogen-bond donors (Lipinski definition) is 4. The van der Waals surface area contributed by atoms with E-state index in [4.69, 9.17) is 9.26 Å². The van der Waals surface area contributed by atoms with Crippen molar-refractivity contribution in [2.75, 3.05) is 29.6 Å². The molecule has 3 rings (SSSR count). The Bertz CT molecular complexity index is 1340. The summed E-state index contributed by atoms with van der Waals surface area (Å²) in [6.07, 6.45) is 3.03. The lowest BCUT2D eigenvalue weighted by Crippen LogP contribution is -2.39. The molecule has 0 saturated carbocycles. The van der Waals surface area contributed by atoms with Gasteiger partial charge in [0.25, 0.3) is 0 Å². The molecule has 0 aliphatic carbocycles. The molecule has 0 aliphatic rings. The van der Waals surface area contributed by atoms with Crippen LogP contribution in [0.2, 0.25) is 0 Å². The monoisotopic (exact) mass is 544 g/mol. The van der Waals surface area contributed by atoms with Crippen molar-refractivity contribution in [2.24, 2.45) is 0 Å². The summed E-state index contributed by atoms with van der Waals surface area (Å²) in [4.78, 5) is 16.3. The number of carbonyl (C=O) groups excluding carboxylic acids is 1. The zero-order valence-electron chi connectivity index (χ0n) is 22.4. The minimum Gasteiger partial charge on any atom is -0.493 e. The molecule has 0 unspecified atom stereocenters. The van der Waals surface area contributed by atoms with Gasteiger partial charge in [-0.3, -0.25) is 4.72 Å². The summed E-state index contributed by atoms with van der Waals surface area (Å²) in [5, 5.41) is 6.61. The summed E-state index contributed by atoms with van der Waals surface area (Å²) < 4.78 is 36.4. The number of ether oxygens (including phenoxy) is 1. The van der Waals surface area contributed by atoms with E-state index in [2.05, 4.69) is 64.8 Å². The zero-order valence-corrected chi connectivity index (χ0v) is 23.2. The van der Waals surface area contributed by atoms with Crippen LogP contribution in [-0.2, 0) is 21.9 Å². The first-order valence-corrected chi connectivity index (χ1v) is 14.3. The van der Waals surface area contributed by atoms with Gasteiger partial charge in [0.1, 0.15) is 5.75 Å². The summed E-state index contributed by atoms with van der Waals surface area (Å²) >= 11 is 0. The van der Waals surface area contributed by atoms with E-state index in [-0.39, 0.29) is 11.4 Å². The molecule has 0 atom stereocenters. The molecule has 12 heteroatoms. The second-order valence-electron chi connectivity index (χ2n) is 9.71. The summed E-state index contributed by atoms with van der Waals surface area (Å²) in [5.74, 6) is 1.24. The van der Waals surface area contributed by atoms with Crippen LogP contribution in [0.3, 0.4) is 0 Å². The summed E-state index contributed by atoms with van der Waals surface area (Å²) in [7, 11) is -3.37. The third-order valence-corrected chi connectivity index (χ3v) is 6.56. The highest BCUT2D eigenvalue weighted by atomic mass is 32.2. The molecule has 0 fully saturated rings. The van der Waals surface area contributed by atoms with Gasteiger partial charge in [-0.25, -0.2) is 24.1 Å². The fourth-order valence-electron chi connectivity index (χ4n) is 3.62.